The van der Waals surface area contributed by atoms with E-state index in [0.717, 1.165) is 12.8 Å². The van der Waals surface area contributed by atoms with Crippen LogP contribution < -0.4 is 5.32 Å². The lowest BCUT2D eigenvalue weighted by molar-refractivity contribution is 0.0307. The number of rotatable bonds is 8. The summed E-state index contributed by atoms with van der Waals surface area (Å²) in [6, 6.07) is 0.260. The van der Waals surface area contributed by atoms with E-state index in [1.165, 1.54) is 0 Å². The Balaban J connectivity index is 3.88. The Labute approximate surface area is 101 Å². The molecular weight excluding hydrogens is 202 g/mol. The molecule has 0 aliphatic rings. The fourth-order valence-corrected chi connectivity index (χ4v) is 1.44. The first-order valence-corrected chi connectivity index (χ1v) is 6.27. The fraction of sp³-hybridized carbons (Fsp3) is 1.00. The highest BCUT2D eigenvalue weighted by molar-refractivity contribution is 4.79. The molecule has 0 aromatic rings. The number of methoxy groups -OCH3 is 1. The third kappa shape index (κ3) is 7.20. The maximum absolute atomic E-state index is 10.2. The van der Waals surface area contributed by atoms with Crippen molar-refractivity contribution in [3.63, 3.8) is 0 Å². The van der Waals surface area contributed by atoms with Crippen LogP contribution in [0.2, 0.25) is 0 Å². The van der Waals surface area contributed by atoms with Crippen LogP contribution in [0.25, 0.3) is 0 Å². The molecule has 0 saturated heterocycles. The maximum Gasteiger partial charge on any atom is 0.0743 e. The van der Waals surface area contributed by atoms with Gasteiger partial charge in [-0.25, -0.2) is 0 Å². The molecule has 0 spiro atoms. The highest BCUT2D eigenvalue weighted by Crippen LogP contribution is 2.15. The van der Waals surface area contributed by atoms with Crippen molar-refractivity contribution in [3.05, 3.63) is 0 Å². The minimum atomic E-state index is -0.619. The molecule has 98 valence electrons. The molecule has 2 N–H and O–H groups in total. The zero-order valence-corrected chi connectivity index (χ0v) is 11.7. The molecule has 0 bridgehead atoms. The van der Waals surface area contributed by atoms with Gasteiger partial charge in [-0.2, -0.15) is 0 Å². The predicted octanol–water partition coefficient (Wildman–Crippen LogP) is 2.19. The van der Waals surface area contributed by atoms with E-state index in [1.54, 1.807) is 7.11 Å². The summed E-state index contributed by atoms with van der Waals surface area (Å²) in [5.41, 5.74) is -0.619. The lowest BCUT2D eigenvalue weighted by atomic mass is 9.95. The summed E-state index contributed by atoms with van der Waals surface area (Å²) in [6.45, 7) is 11.0. The lowest BCUT2D eigenvalue weighted by Crippen LogP contribution is -2.45. The molecule has 3 nitrogen and oxygen atoms in total. The van der Waals surface area contributed by atoms with Crippen LogP contribution in [0.3, 0.4) is 0 Å². The maximum atomic E-state index is 10.2. The monoisotopic (exact) mass is 231 g/mol. The van der Waals surface area contributed by atoms with E-state index in [-0.39, 0.29) is 12.1 Å². The van der Waals surface area contributed by atoms with E-state index >= 15 is 0 Å². The molecule has 16 heavy (non-hydrogen) atoms. The predicted molar refractivity (Wildman–Crippen MR) is 68.6 cm³/mol. The molecule has 3 unspecified atom stereocenters. The summed E-state index contributed by atoms with van der Waals surface area (Å²) in [4.78, 5) is 0. The van der Waals surface area contributed by atoms with Crippen molar-refractivity contribution in [2.24, 2.45) is 5.92 Å². The molecule has 0 fully saturated rings. The van der Waals surface area contributed by atoms with E-state index in [1.807, 2.05) is 13.8 Å². The van der Waals surface area contributed by atoms with Crippen LogP contribution in [0.1, 0.15) is 47.5 Å². The largest absolute Gasteiger partial charge is 0.389 e. The number of ether oxygens (including phenoxy) is 1. The number of hydrogen-bond donors (Lipinski definition) is 2. The summed E-state index contributed by atoms with van der Waals surface area (Å²) < 4.78 is 5.23. The van der Waals surface area contributed by atoms with Gasteiger partial charge in [-0.05, 0) is 39.5 Å². The van der Waals surface area contributed by atoms with Crippen LogP contribution in [-0.4, -0.2) is 36.5 Å². The van der Waals surface area contributed by atoms with Crippen LogP contribution in [0.5, 0.6) is 0 Å². The van der Waals surface area contributed by atoms with Crippen molar-refractivity contribution < 1.29 is 9.84 Å². The third-order valence-electron chi connectivity index (χ3n) is 3.14. The second-order valence-electron chi connectivity index (χ2n) is 5.54. The second-order valence-corrected chi connectivity index (χ2v) is 5.54. The fourth-order valence-electron chi connectivity index (χ4n) is 1.44. The van der Waals surface area contributed by atoms with E-state index in [4.69, 9.17) is 4.74 Å². The minimum Gasteiger partial charge on any atom is -0.389 e. The molecule has 0 aliphatic heterocycles. The summed E-state index contributed by atoms with van der Waals surface area (Å²) in [5, 5.41) is 13.5. The van der Waals surface area contributed by atoms with E-state index in [9.17, 15) is 5.11 Å². The summed E-state index contributed by atoms with van der Waals surface area (Å²) in [7, 11) is 1.71. The molecule has 0 aliphatic carbocycles. The van der Waals surface area contributed by atoms with Crippen LogP contribution in [0.4, 0.5) is 0 Å². The zero-order valence-electron chi connectivity index (χ0n) is 11.7. The molecule has 0 saturated carbocycles. The third-order valence-corrected chi connectivity index (χ3v) is 3.14. The molecule has 0 amide bonds. The number of nitrogens with one attached hydrogen (secondary N) is 1. The van der Waals surface area contributed by atoms with Crippen LogP contribution >= 0.6 is 0 Å². The molecule has 3 heteroatoms. The highest BCUT2D eigenvalue weighted by atomic mass is 16.5. The van der Waals surface area contributed by atoms with Gasteiger partial charge in [0, 0.05) is 19.7 Å². The van der Waals surface area contributed by atoms with Gasteiger partial charge in [-0.15, -0.1) is 0 Å². The van der Waals surface area contributed by atoms with Crippen molar-refractivity contribution in [2.45, 2.75) is 65.2 Å². The summed E-state index contributed by atoms with van der Waals surface area (Å²) in [5.74, 6) is 0.641. The number of hydrogen-bond acceptors (Lipinski definition) is 3. The first kappa shape index (κ1) is 15.9. The second kappa shape index (κ2) is 7.25. The van der Waals surface area contributed by atoms with Crippen molar-refractivity contribution in [2.75, 3.05) is 13.7 Å². The smallest absolute Gasteiger partial charge is 0.0743 e. The Kier molecular flexibility index (Phi) is 7.20. The van der Waals surface area contributed by atoms with Crippen LogP contribution in [-0.2, 0) is 4.74 Å². The van der Waals surface area contributed by atoms with Gasteiger partial charge in [0.2, 0.25) is 0 Å². The standard InChI is InChI=1S/C13H29NO2/c1-10(2)7-8-13(5,15)9-14-11(3)12(4)16-6/h10-12,14-15H,7-9H2,1-6H3. The highest BCUT2D eigenvalue weighted by Gasteiger charge is 2.22. The van der Waals surface area contributed by atoms with Crippen molar-refractivity contribution >= 4 is 0 Å². The molecule has 0 heterocycles. The quantitative estimate of drug-likeness (QED) is 0.673. The molecular formula is C13H29NO2. The average Bonchev–Trinajstić information content (AvgIpc) is 2.22. The van der Waals surface area contributed by atoms with Gasteiger partial charge in [0.1, 0.15) is 0 Å². The SMILES string of the molecule is COC(C)C(C)NCC(C)(O)CCC(C)C. The first-order valence-electron chi connectivity index (χ1n) is 6.27. The average molecular weight is 231 g/mol. The Hall–Kier alpha value is -0.120. The molecule has 3 atom stereocenters. The Morgan fingerprint density at radius 3 is 2.25 bits per heavy atom. The van der Waals surface area contributed by atoms with Crippen LogP contribution in [0.15, 0.2) is 0 Å². The van der Waals surface area contributed by atoms with E-state index in [2.05, 4.69) is 26.1 Å². The lowest BCUT2D eigenvalue weighted by Gasteiger charge is -2.28. The van der Waals surface area contributed by atoms with Gasteiger partial charge in [0.15, 0.2) is 0 Å². The van der Waals surface area contributed by atoms with E-state index in [0.29, 0.717) is 12.5 Å². The van der Waals surface area contributed by atoms with Gasteiger partial charge >= 0.3 is 0 Å². The summed E-state index contributed by atoms with van der Waals surface area (Å²) in [6.07, 6.45) is 2.06. The van der Waals surface area contributed by atoms with Gasteiger partial charge < -0.3 is 15.2 Å². The summed E-state index contributed by atoms with van der Waals surface area (Å²) >= 11 is 0. The number of aliphatic hydroxyl groups is 1. The zero-order chi connectivity index (χ0) is 12.8. The molecule has 0 radical (unpaired) electrons. The Morgan fingerprint density at radius 2 is 1.81 bits per heavy atom. The van der Waals surface area contributed by atoms with Crippen molar-refractivity contribution in [1.29, 1.82) is 0 Å². The Bertz CT molecular complexity index is 181. The van der Waals surface area contributed by atoms with Crippen molar-refractivity contribution in [1.82, 2.24) is 5.32 Å². The minimum absolute atomic E-state index is 0.167. The van der Waals surface area contributed by atoms with Gasteiger partial charge in [0.05, 0.1) is 11.7 Å². The van der Waals surface area contributed by atoms with Gasteiger partial charge in [0.25, 0.3) is 0 Å². The van der Waals surface area contributed by atoms with Gasteiger partial charge in [-0.3, -0.25) is 0 Å². The first-order chi connectivity index (χ1) is 7.28. The normalized spacial score (nSPS) is 19.5. The van der Waals surface area contributed by atoms with Gasteiger partial charge in [-0.1, -0.05) is 13.8 Å². The van der Waals surface area contributed by atoms with Crippen molar-refractivity contribution in [3.8, 4) is 0 Å². The molecule has 0 aromatic carbocycles. The van der Waals surface area contributed by atoms with E-state index < -0.39 is 5.60 Å². The molecule has 0 rings (SSSR count). The Morgan fingerprint density at radius 1 is 1.25 bits per heavy atom. The molecule has 0 aromatic heterocycles. The topological polar surface area (TPSA) is 41.5 Å². The van der Waals surface area contributed by atoms with Crippen LogP contribution in [0, 0.1) is 5.92 Å².